The molecule has 1 heterocycles. The molecular formula is C9H14N2O. The van der Waals surface area contributed by atoms with Crippen molar-refractivity contribution in [1.82, 2.24) is 4.98 Å². The first-order valence-corrected chi connectivity index (χ1v) is 4.15. The van der Waals surface area contributed by atoms with Crippen molar-refractivity contribution in [2.45, 2.75) is 25.7 Å². The molecule has 0 fully saturated rings. The van der Waals surface area contributed by atoms with Gasteiger partial charge in [-0.2, -0.15) is 0 Å². The van der Waals surface area contributed by atoms with Crippen LogP contribution < -0.4 is 5.73 Å². The Balaban J connectivity index is 2.63. The zero-order valence-corrected chi connectivity index (χ0v) is 7.21. The van der Waals surface area contributed by atoms with Crippen molar-refractivity contribution in [3.05, 3.63) is 24.0 Å². The molecule has 0 aliphatic carbocycles. The molecule has 1 aromatic rings. The SMILES string of the molecule is CCC(CC(N)=O)c1cc[nH]c1. The van der Waals surface area contributed by atoms with Crippen LogP contribution in [0.3, 0.4) is 0 Å². The fraction of sp³-hybridized carbons (Fsp3) is 0.444. The number of carbonyl (C=O) groups is 1. The molecule has 1 unspecified atom stereocenters. The number of rotatable bonds is 4. The van der Waals surface area contributed by atoms with Gasteiger partial charge in [0, 0.05) is 18.8 Å². The van der Waals surface area contributed by atoms with Crippen molar-refractivity contribution in [3.63, 3.8) is 0 Å². The van der Waals surface area contributed by atoms with Crippen molar-refractivity contribution in [1.29, 1.82) is 0 Å². The maximum atomic E-state index is 10.7. The number of hydrogen-bond acceptors (Lipinski definition) is 1. The van der Waals surface area contributed by atoms with Gasteiger partial charge in [0.05, 0.1) is 0 Å². The Morgan fingerprint density at radius 1 is 1.75 bits per heavy atom. The summed E-state index contributed by atoms with van der Waals surface area (Å²) in [4.78, 5) is 13.6. The monoisotopic (exact) mass is 166 g/mol. The average Bonchev–Trinajstić information content (AvgIpc) is 2.51. The van der Waals surface area contributed by atoms with Gasteiger partial charge in [0.15, 0.2) is 0 Å². The first-order valence-electron chi connectivity index (χ1n) is 4.15. The van der Waals surface area contributed by atoms with Crippen molar-refractivity contribution >= 4 is 5.91 Å². The van der Waals surface area contributed by atoms with Crippen LogP contribution in [-0.4, -0.2) is 10.9 Å². The van der Waals surface area contributed by atoms with E-state index >= 15 is 0 Å². The van der Waals surface area contributed by atoms with Gasteiger partial charge in [-0.1, -0.05) is 6.92 Å². The summed E-state index contributed by atoms with van der Waals surface area (Å²) >= 11 is 0. The van der Waals surface area contributed by atoms with Gasteiger partial charge in [0.2, 0.25) is 5.91 Å². The molecule has 0 radical (unpaired) electrons. The minimum atomic E-state index is -0.233. The molecule has 0 saturated carbocycles. The highest BCUT2D eigenvalue weighted by Crippen LogP contribution is 2.21. The fourth-order valence-electron chi connectivity index (χ4n) is 1.33. The molecule has 0 saturated heterocycles. The molecule has 0 bridgehead atoms. The van der Waals surface area contributed by atoms with Crippen LogP contribution in [0.15, 0.2) is 18.5 Å². The van der Waals surface area contributed by atoms with E-state index in [1.54, 1.807) is 0 Å². The van der Waals surface area contributed by atoms with E-state index in [-0.39, 0.29) is 11.8 Å². The molecular weight excluding hydrogens is 152 g/mol. The highest BCUT2D eigenvalue weighted by Gasteiger charge is 2.11. The van der Waals surface area contributed by atoms with Crippen LogP contribution in [0, 0.1) is 0 Å². The van der Waals surface area contributed by atoms with Crippen LogP contribution in [0.25, 0.3) is 0 Å². The number of nitrogens with two attached hydrogens (primary N) is 1. The van der Waals surface area contributed by atoms with Crippen molar-refractivity contribution in [3.8, 4) is 0 Å². The van der Waals surface area contributed by atoms with Crippen molar-refractivity contribution < 1.29 is 4.79 Å². The quantitative estimate of drug-likeness (QED) is 0.697. The van der Waals surface area contributed by atoms with Gasteiger partial charge < -0.3 is 10.7 Å². The van der Waals surface area contributed by atoms with Crippen molar-refractivity contribution in [2.24, 2.45) is 5.73 Å². The Morgan fingerprint density at radius 3 is 2.92 bits per heavy atom. The highest BCUT2D eigenvalue weighted by molar-refractivity contribution is 5.74. The maximum Gasteiger partial charge on any atom is 0.218 e. The third-order valence-electron chi connectivity index (χ3n) is 2.03. The second-order valence-corrected chi connectivity index (χ2v) is 2.92. The lowest BCUT2D eigenvalue weighted by molar-refractivity contribution is -0.118. The third kappa shape index (κ3) is 2.12. The van der Waals surface area contributed by atoms with Crippen LogP contribution in [0.5, 0.6) is 0 Å². The minimum Gasteiger partial charge on any atom is -0.370 e. The number of amides is 1. The van der Waals surface area contributed by atoms with Gasteiger partial charge in [0.1, 0.15) is 0 Å². The summed E-state index contributed by atoms with van der Waals surface area (Å²) in [5, 5.41) is 0. The van der Waals surface area contributed by atoms with Crippen LogP contribution in [0.1, 0.15) is 31.2 Å². The lowest BCUT2D eigenvalue weighted by atomic mass is 9.95. The Hall–Kier alpha value is -1.25. The molecule has 3 N–H and O–H groups in total. The van der Waals surface area contributed by atoms with E-state index in [2.05, 4.69) is 11.9 Å². The summed E-state index contributed by atoms with van der Waals surface area (Å²) in [6, 6.07) is 1.98. The van der Waals surface area contributed by atoms with E-state index in [1.807, 2.05) is 18.5 Å². The molecule has 3 heteroatoms. The summed E-state index contributed by atoms with van der Waals surface area (Å²) in [6.45, 7) is 2.06. The van der Waals surface area contributed by atoms with E-state index in [0.29, 0.717) is 6.42 Å². The van der Waals surface area contributed by atoms with Crippen LogP contribution in [-0.2, 0) is 4.79 Å². The van der Waals surface area contributed by atoms with Crippen LogP contribution >= 0.6 is 0 Å². The third-order valence-corrected chi connectivity index (χ3v) is 2.03. The van der Waals surface area contributed by atoms with Gasteiger partial charge in [-0.05, 0) is 24.0 Å². The zero-order chi connectivity index (χ0) is 8.97. The number of carbonyl (C=O) groups excluding carboxylic acids is 1. The number of primary amides is 1. The Labute approximate surface area is 72.0 Å². The maximum absolute atomic E-state index is 10.7. The molecule has 0 aromatic carbocycles. The van der Waals surface area contributed by atoms with Gasteiger partial charge in [-0.25, -0.2) is 0 Å². The molecule has 0 spiro atoms. The second-order valence-electron chi connectivity index (χ2n) is 2.92. The lowest BCUT2D eigenvalue weighted by Gasteiger charge is -2.09. The molecule has 1 atom stereocenters. The standard InChI is InChI=1S/C9H14N2O/c1-2-7(5-9(10)12)8-3-4-11-6-8/h3-4,6-7,11H,2,5H2,1H3,(H2,10,12). The molecule has 1 aromatic heterocycles. The fourth-order valence-corrected chi connectivity index (χ4v) is 1.33. The largest absolute Gasteiger partial charge is 0.370 e. The molecule has 1 rings (SSSR count). The molecule has 12 heavy (non-hydrogen) atoms. The summed E-state index contributed by atoms with van der Waals surface area (Å²) in [5.74, 6) is 0.0387. The Bertz CT molecular complexity index is 241. The summed E-state index contributed by atoms with van der Waals surface area (Å²) in [7, 11) is 0. The molecule has 0 aliphatic heterocycles. The first kappa shape index (κ1) is 8.84. The normalized spacial score (nSPS) is 12.8. The number of H-pyrrole nitrogens is 1. The number of aromatic nitrogens is 1. The summed E-state index contributed by atoms with van der Waals surface area (Å²) in [6.07, 6.45) is 5.16. The van der Waals surface area contributed by atoms with E-state index in [4.69, 9.17) is 5.73 Å². The van der Waals surface area contributed by atoms with Crippen LogP contribution in [0.4, 0.5) is 0 Å². The van der Waals surface area contributed by atoms with Gasteiger partial charge in [0.25, 0.3) is 0 Å². The Kier molecular flexibility index (Phi) is 2.91. The van der Waals surface area contributed by atoms with E-state index in [9.17, 15) is 4.79 Å². The molecule has 0 aliphatic rings. The molecule has 3 nitrogen and oxygen atoms in total. The van der Waals surface area contributed by atoms with Crippen molar-refractivity contribution in [2.75, 3.05) is 0 Å². The second kappa shape index (κ2) is 3.95. The van der Waals surface area contributed by atoms with Gasteiger partial charge in [-0.3, -0.25) is 4.79 Å². The smallest absolute Gasteiger partial charge is 0.218 e. The number of hydrogen-bond donors (Lipinski definition) is 2. The molecule has 1 amide bonds. The van der Waals surface area contributed by atoms with E-state index in [1.165, 1.54) is 0 Å². The topological polar surface area (TPSA) is 58.9 Å². The number of aromatic amines is 1. The van der Waals surface area contributed by atoms with Crippen LogP contribution in [0.2, 0.25) is 0 Å². The minimum absolute atomic E-state index is 0.233. The molecule has 66 valence electrons. The lowest BCUT2D eigenvalue weighted by Crippen LogP contribution is -2.14. The van der Waals surface area contributed by atoms with E-state index < -0.39 is 0 Å². The van der Waals surface area contributed by atoms with E-state index in [0.717, 1.165) is 12.0 Å². The predicted octanol–water partition coefficient (Wildman–Crippen LogP) is 1.38. The average molecular weight is 166 g/mol. The number of nitrogens with one attached hydrogen (secondary N) is 1. The Morgan fingerprint density at radius 2 is 2.50 bits per heavy atom. The first-order chi connectivity index (χ1) is 5.74. The van der Waals surface area contributed by atoms with Gasteiger partial charge in [-0.15, -0.1) is 0 Å². The summed E-state index contributed by atoms with van der Waals surface area (Å²) < 4.78 is 0. The van der Waals surface area contributed by atoms with Gasteiger partial charge >= 0.3 is 0 Å². The highest BCUT2D eigenvalue weighted by atomic mass is 16.1. The predicted molar refractivity (Wildman–Crippen MR) is 47.6 cm³/mol. The zero-order valence-electron chi connectivity index (χ0n) is 7.21. The summed E-state index contributed by atoms with van der Waals surface area (Å²) in [5.41, 5.74) is 6.29.